The minimum absolute atomic E-state index is 0.0421. The number of aromatic nitrogens is 2. The van der Waals surface area contributed by atoms with Crippen molar-refractivity contribution in [3.05, 3.63) is 52.3 Å². The SMILES string of the molecule is N#CCCn1nc(-c2ccccc2)cc(C(F)(F)F)c1=O. The smallest absolute Gasteiger partial charge is 0.267 e. The maximum absolute atomic E-state index is 12.9. The van der Waals surface area contributed by atoms with Gasteiger partial charge in [0.25, 0.3) is 5.56 Å². The van der Waals surface area contributed by atoms with E-state index in [9.17, 15) is 18.0 Å². The van der Waals surface area contributed by atoms with Gasteiger partial charge in [-0.3, -0.25) is 4.79 Å². The van der Waals surface area contributed by atoms with Gasteiger partial charge in [0.15, 0.2) is 0 Å². The first-order valence-corrected chi connectivity index (χ1v) is 6.05. The van der Waals surface area contributed by atoms with Gasteiger partial charge in [0, 0.05) is 5.56 Å². The highest BCUT2D eigenvalue weighted by molar-refractivity contribution is 5.59. The molecule has 0 bridgehead atoms. The van der Waals surface area contributed by atoms with Gasteiger partial charge in [-0.25, -0.2) is 4.68 Å². The van der Waals surface area contributed by atoms with E-state index in [-0.39, 0.29) is 18.7 Å². The molecule has 4 nitrogen and oxygen atoms in total. The normalized spacial score (nSPS) is 11.1. The number of halogens is 3. The average molecular weight is 293 g/mol. The Hall–Kier alpha value is -2.62. The molecule has 108 valence electrons. The molecule has 0 fully saturated rings. The highest BCUT2D eigenvalue weighted by Crippen LogP contribution is 2.28. The fraction of sp³-hybridized carbons (Fsp3) is 0.214. The number of aryl methyl sites for hydroxylation is 1. The van der Waals surface area contributed by atoms with Gasteiger partial charge in [0.05, 0.1) is 24.7 Å². The van der Waals surface area contributed by atoms with Crippen molar-refractivity contribution in [3.8, 4) is 17.3 Å². The Morgan fingerprint density at radius 1 is 1.24 bits per heavy atom. The van der Waals surface area contributed by atoms with Crippen LogP contribution in [0.1, 0.15) is 12.0 Å². The number of rotatable bonds is 3. The maximum Gasteiger partial charge on any atom is 0.421 e. The first-order chi connectivity index (χ1) is 9.93. The van der Waals surface area contributed by atoms with Crippen LogP contribution in [0, 0.1) is 11.3 Å². The van der Waals surface area contributed by atoms with Crippen molar-refractivity contribution in [3.63, 3.8) is 0 Å². The van der Waals surface area contributed by atoms with Crippen LogP contribution >= 0.6 is 0 Å². The zero-order valence-electron chi connectivity index (χ0n) is 10.8. The lowest BCUT2D eigenvalue weighted by molar-refractivity contribution is -0.139. The van der Waals surface area contributed by atoms with Gasteiger partial charge in [0.1, 0.15) is 5.56 Å². The monoisotopic (exact) mass is 293 g/mol. The molecule has 0 unspecified atom stereocenters. The summed E-state index contributed by atoms with van der Waals surface area (Å²) in [4.78, 5) is 11.8. The van der Waals surface area contributed by atoms with Gasteiger partial charge >= 0.3 is 6.18 Å². The summed E-state index contributed by atoms with van der Waals surface area (Å²) in [6.45, 7) is -0.181. The fourth-order valence-electron chi connectivity index (χ4n) is 1.80. The summed E-state index contributed by atoms with van der Waals surface area (Å²) in [7, 11) is 0. The van der Waals surface area contributed by atoms with Crippen LogP contribution in [0.3, 0.4) is 0 Å². The van der Waals surface area contributed by atoms with Crippen molar-refractivity contribution < 1.29 is 13.2 Å². The molecule has 0 spiro atoms. The summed E-state index contributed by atoms with van der Waals surface area (Å²) in [6.07, 6.45) is -4.86. The summed E-state index contributed by atoms with van der Waals surface area (Å²) in [5.74, 6) is 0. The van der Waals surface area contributed by atoms with Gasteiger partial charge in [-0.1, -0.05) is 30.3 Å². The Morgan fingerprint density at radius 3 is 2.48 bits per heavy atom. The van der Waals surface area contributed by atoms with Crippen molar-refractivity contribution in [2.45, 2.75) is 19.1 Å². The van der Waals surface area contributed by atoms with Crippen LogP contribution in [0.25, 0.3) is 11.3 Å². The van der Waals surface area contributed by atoms with Gasteiger partial charge < -0.3 is 0 Å². The van der Waals surface area contributed by atoms with Gasteiger partial charge in [0.2, 0.25) is 0 Å². The Labute approximate surface area is 118 Å². The molecule has 0 saturated carbocycles. The molecule has 7 heteroatoms. The number of alkyl halides is 3. The van der Waals surface area contributed by atoms with Crippen LogP contribution in [0.5, 0.6) is 0 Å². The molecule has 0 saturated heterocycles. The first-order valence-electron chi connectivity index (χ1n) is 6.05. The summed E-state index contributed by atoms with van der Waals surface area (Å²) < 4.78 is 39.5. The van der Waals surface area contributed by atoms with E-state index in [0.717, 1.165) is 6.07 Å². The number of hydrogen-bond acceptors (Lipinski definition) is 3. The molecule has 0 radical (unpaired) electrons. The van der Waals surface area contributed by atoms with Gasteiger partial charge in [-0.2, -0.15) is 23.5 Å². The third-order valence-corrected chi connectivity index (χ3v) is 2.78. The third kappa shape index (κ3) is 3.28. The largest absolute Gasteiger partial charge is 0.421 e. The minimum Gasteiger partial charge on any atom is -0.267 e. The average Bonchev–Trinajstić information content (AvgIpc) is 2.46. The predicted molar refractivity (Wildman–Crippen MR) is 69.2 cm³/mol. The Bertz CT molecular complexity index is 730. The zero-order chi connectivity index (χ0) is 15.5. The van der Waals surface area contributed by atoms with Crippen LogP contribution < -0.4 is 5.56 Å². The number of benzene rings is 1. The van der Waals surface area contributed by atoms with Crippen LogP contribution in [0.15, 0.2) is 41.2 Å². The predicted octanol–water partition coefficient (Wildman–Crippen LogP) is 2.84. The second-order valence-corrected chi connectivity index (χ2v) is 4.24. The summed E-state index contributed by atoms with van der Waals surface area (Å²) in [5, 5.41) is 12.4. The van der Waals surface area contributed by atoms with E-state index in [0.29, 0.717) is 10.2 Å². The van der Waals surface area contributed by atoms with Crippen molar-refractivity contribution in [2.75, 3.05) is 0 Å². The highest BCUT2D eigenvalue weighted by Gasteiger charge is 2.35. The number of nitriles is 1. The Kier molecular flexibility index (Phi) is 4.08. The van der Waals surface area contributed by atoms with Crippen molar-refractivity contribution in [2.24, 2.45) is 0 Å². The van der Waals surface area contributed by atoms with Crippen LogP contribution in [0.4, 0.5) is 13.2 Å². The molecule has 1 aromatic heterocycles. The lowest BCUT2D eigenvalue weighted by Crippen LogP contribution is -2.31. The van der Waals surface area contributed by atoms with E-state index in [2.05, 4.69) is 5.10 Å². The van der Waals surface area contributed by atoms with E-state index in [1.165, 1.54) is 0 Å². The second kappa shape index (κ2) is 5.79. The molecule has 1 heterocycles. The molecule has 21 heavy (non-hydrogen) atoms. The quantitative estimate of drug-likeness (QED) is 0.874. The number of nitrogens with zero attached hydrogens (tertiary/aromatic N) is 3. The number of hydrogen-bond donors (Lipinski definition) is 0. The third-order valence-electron chi connectivity index (χ3n) is 2.78. The van der Waals surface area contributed by atoms with Gasteiger partial charge in [-0.05, 0) is 6.07 Å². The van der Waals surface area contributed by atoms with E-state index >= 15 is 0 Å². The minimum atomic E-state index is -4.77. The molecular weight excluding hydrogens is 283 g/mol. The molecule has 0 N–H and O–H groups in total. The highest BCUT2D eigenvalue weighted by atomic mass is 19.4. The zero-order valence-corrected chi connectivity index (χ0v) is 10.8. The topological polar surface area (TPSA) is 58.7 Å². The summed E-state index contributed by atoms with van der Waals surface area (Å²) >= 11 is 0. The Balaban J connectivity index is 2.63. The van der Waals surface area contributed by atoms with E-state index in [1.807, 2.05) is 0 Å². The Morgan fingerprint density at radius 2 is 1.90 bits per heavy atom. The van der Waals surface area contributed by atoms with E-state index in [4.69, 9.17) is 5.26 Å². The standard InChI is InChI=1S/C14H10F3N3O/c15-14(16,17)11-9-12(10-5-2-1-3-6-10)19-20(13(11)21)8-4-7-18/h1-3,5-6,9H,4,8H2. The fourth-order valence-corrected chi connectivity index (χ4v) is 1.80. The van der Waals surface area contributed by atoms with Crippen LogP contribution in [-0.2, 0) is 12.7 Å². The molecule has 2 aromatic rings. The maximum atomic E-state index is 12.9. The van der Waals surface area contributed by atoms with Crippen LogP contribution in [0.2, 0.25) is 0 Å². The molecular formula is C14H10F3N3O. The molecule has 0 aliphatic heterocycles. The lowest BCUT2D eigenvalue weighted by Gasteiger charge is -2.11. The second-order valence-electron chi connectivity index (χ2n) is 4.24. The molecule has 0 amide bonds. The van der Waals surface area contributed by atoms with Crippen LogP contribution in [-0.4, -0.2) is 9.78 Å². The van der Waals surface area contributed by atoms with Gasteiger partial charge in [-0.15, -0.1) is 0 Å². The molecule has 0 aliphatic rings. The molecule has 2 rings (SSSR count). The molecule has 0 aliphatic carbocycles. The summed E-state index contributed by atoms with van der Waals surface area (Å²) in [6, 6.07) is 10.8. The van der Waals surface area contributed by atoms with Crippen molar-refractivity contribution in [1.29, 1.82) is 5.26 Å². The van der Waals surface area contributed by atoms with E-state index in [1.54, 1.807) is 36.4 Å². The lowest BCUT2D eigenvalue weighted by atomic mass is 10.1. The van der Waals surface area contributed by atoms with Crippen molar-refractivity contribution in [1.82, 2.24) is 9.78 Å². The van der Waals surface area contributed by atoms with Crippen molar-refractivity contribution >= 4 is 0 Å². The van der Waals surface area contributed by atoms with E-state index < -0.39 is 17.3 Å². The first kappa shape index (κ1) is 14.8. The molecule has 1 aromatic carbocycles. The molecule has 0 atom stereocenters. The summed E-state index contributed by atoms with van der Waals surface area (Å²) in [5.41, 5.74) is -2.01.